The molecule has 0 saturated carbocycles. The smallest absolute Gasteiger partial charge is 0.239 e. The fourth-order valence-corrected chi connectivity index (χ4v) is 2.05. The van der Waals surface area contributed by atoms with E-state index in [9.17, 15) is 9.59 Å². The highest BCUT2D eigenvalue weighted by atomic mass is 16.2. The molecule has 1 fully saturated rings. The molecule has 1 saturated heterocycles. The van der Waals surface area contributed by atoms with E-state index in [4.69, 9.17) is 5.26 Å². The molecule has 9 nitrogen and oxygen atoms in total. The Balaban J connectivity index is 1.72. The normalized spacial score (nSPS) is 14.1. The number of anilines is 1. The number of carbonyl (C=O) groups is 2. The molecule has 2 heterocycles. The molecule has 1 aliphatic rings. The molecule has 0 unspecified atom stereocenters. The van der Waals surface area contributed by atoms with Gasteiger partial charge in [0.1, 0.15) is 11.9 Å². The van der Waals surface area contributed by atoms with Gasteiger partial charge in [-0.05, 0) is 12.1 Å². The van der Waals surface area contributed by atoms with E-state index in [1.54, 1.807) is 24.1 Å². The Morgan fingerprint density at radius 3 is 2.74 bits per heavy atom. The highest BCUT2D eigenvalue weighted by Crippen LogP contribution is 2.08. The van der Waals surface area contributed by atoms with Crippen LogP contribution in [0.5, 0.6) is 0 Å². The van der Waals surface area contributed by atoms with Crippen LogP contribution in [0.15, 0.2) is 18.3 Å². The highest BCUT2D eigenvalue weighted by molar-refractivity contribution is 5.87. The molecule has 2 amide bonds. The number of hydrogen-bond acceptors (Lipinski definition) is 7. The summed E-state index contributed by atoms with van der Waals surface area (Å²) in [4.78, 5) is 29.3. The van der Waals surface area contributed by atoms with Gasteiger partial charge in [-0.2, -0.15) is 5.26 Å². The lowest BCUT2D eigenvalue weighted by atomic mass is 10.3. The second-order valence-corrected chi connectivity index (χ2v) is 5.18. The summed E-state index contributed by atoms with van der Waals surface area (Å²) in [5, 5.41) is 14.1. The Morgan fingerprint density at radius 2 is 2.13 bits per heavy atom. The molecule has 1 aliphatic heterocycles. The third-order valence-electron chi connectivity index (χ3n) is 3.28. The average molecular weight is 317 g/mol. The number of likely N-dealkylation sites (N-methyl/N-ethyl adjacent to an activating group) is 1. The first-order valence-corrected chi connectivity index (χ1v) is 7.17. The largest absolute Gasteiger partial charge is 0.350 e. The van der Waals surface area contributed by atoms with Gasteiger partial charge in [-0.25, -0.2) is 4.98 Å². The van der Waals surface area contributed by atoms with Crippen molar-refractivity contribution in [1.29, 1.82) is 5.26 Å². The molecule has 0 radical (unpaired) electrons. The summed E-state index contributed by atoms with van der Waals surface area (Å²) in [6.45, 7) is 1.32. The van der Waals surface area contributed by atoms with Crippen molar-refractivity contribution < 1.29 is 9.59 Å². The summed E-state index contributed by atoms with van der Waals surface area (Å²) in [7, 11) is 1.71. The molecule has 0 aromatic carbocycles. The summed E-state index contributed by atoms with van der Waals surface area (Å²) in [6.07, 6.45) is 1.45. The van der Waals surface area contributed by atoms with Crippen molar-refractivity contribution in [1.82, 2.24) is 26.5 Å². The number of nitriles is 1. The van der Waals surface area contributed by atoms with Gasteiger partial charge in [0.05, 0.1) is 24.7 Å². The maximum atomic E-state index is 11.9. The fraction of sp³-hybridized carbons (Fsp3) is 0.429. The molecule has 122 valence electrons. The van der Waals surface area contributed by atoms with Gasteiger partial charge in [0, 0.05) is 26.3 Å². The summed E-state index contributed by atoms with van der Waals surface area (Å²) >= 11 is 0. The van der Waals surface area contributed by atoms with Crippen LogP contribution in [0, 0.1) is 11.3 Å². The number of nitrogens with one attached hydrogen (secondary N) is 4. The standard InChI is InChI=1S/C14H19N7O2/c1-21(12-3-2-10(4-15)5-16-12)9-14(23)17-8-13(22)20-11-6-18-19-7-11/h2-3,5,11,18-19H,6-9H2,1H3,(H,17,23)(H,20,22). The first-order chi connectivity index (χ1) is 11.1. The molecule has 9 heteroatoms. The fourth-order valence-electron chi connectivity index (χ4n) is 2.05. The van der Waals surface area contributed by atoms with Gasteiger partial charge < -0.3 is 15.5 Å². The molecule has 1 aromatic heterocycles. The number of pyridine rings is 1. The lowest BCUT2D eigenvalue weighted by Gasteiger charge is -2.17. The maximum Gasteiger partial charge on any atom is 0.239 e. The Labute approximate surface area is 134 Å². The number of hydrazine groups is 1. The van der Waals surface area contributed by atoms with Crippen molar-refractivity contribution in [3.63, 3.8) is 0 Å². The predicted octanol–water partition coefficient (Wildman–Crippen LogP) is -1.90. The van der Waals surface area contributed by atoms with Crippen LogP contribution >= 0.6 is 0 Å². The van der Waals surface area contributed by atoms with E-state index in [0.29, 0.717) is 24.5 Å². The van der Waals surface area contributed by atoms with E-state index in [2.05, 4.69) is 26.5 Å². The number of rotatable bonds is 6. The van der Waals surface area contributed by atoms with Crippen LogP contribution in [0.4, 0.5) is 5.82 Å². The van der Waals surface area contributed by atoms with Gasteiger partial charge in [0.25, 0.3) is 0 Å². The first-order valence-electron chi connectivity index (χ1n) is 7.17. The number of amides is 2. The van der Waals surface area contributed by atoms with Crippen LogP contribution in [0.25, 0.3) is 0 Å². The van der Waals surface area contributed by atoms with Gasteiger partial charge in [-0.15, -0.1) is 0 Å². The highest BCUT2D eigenvalue weighted by Gasteiger charge is 2.17. The van der Waals surface area contributed by atoms with E-state index >= 15 is 0 Å². The molecule has 23 heavy (non-hydrogen) atoms. The van der Waals surface area contributed by atoms with Crippen LogP contribution < -0.4 is 26.4 Å². The summed E-state index contributed by atoms with van der Waals surface area (Å²) in [6, 6.07) is 5.31. The lowest BCUT2D eigenvalue weighted by Crippen LogP contribution is -2.45. The van der Waals surface area contributed by atoms with Crippen LogP contribution in [0.1, 0.15) is 5.56 Å². The minimum atomic E-state index is -0.281. The molecule has 0 bridgehead atoms. The number of aromatic nitrogens is 1. The van der Waals surface area contributed by atoms with Crippen molar-refractivity contribution in [3.05, 3.63) is 23.9 Å². The van der Waals surface area contributed by atoms with Crippen molar-refractivity contribution in [2.45, 2.75) is 6.04 Å². The van der Waals surface area contributed by atoms with Crippen LogP contribution in [-0.2, 0) is 9.59 Å². The Bertz CT molecular complexity index is 590. The topological polar surface area (TPSA) is 122 Å². The van der Waals surface area contributed by atoms with Crippen LogP contribution in [0.2, 0.25) is 0 Å². The van der Waals surface area contributed by atoms with E-state index < -0.39 is 0 Å². The van der Waals surface area contributed by atoms with Gasteiger partial charge in [-0.3, -0.25) is 20.4 Å². The van der Waals surface area contributed by atoms with Crippen molar-refractivity contribution >= 4 is 17.6 Å². The average Bonchev–Trinajstić information content (AvgIpc) is 3.06. The zero-order chi connectivity index (χ0) is 16.7. The van der Waals surface area contributed by atoms with Gasteiger partial charge >= 0.3 is 0 Å². The molecule has 0 aliphatic carbocycles. The zero-order valence-electron chi connectivity index (χ0n) is 12.8. The SMILES string of the molecule is CN(CC(=O)NCC(=O)NC1CNNC1)c1ccc(C#N)cn1. The molecule has 1 aromatic rings. The summed E-state index contributed by atoms with van der Waals surface area (Å²) in [5.74, 6) is 0.0659. The van der Waals surface area contributed by atoms with Gasteiger partial charge in [0.2, 0.25) is 11.8 Å². The zero-order valence-corrected chi connectivity index (χ0v) is 12.8. The number of nitrogens with zero attached hydrogens (tertiary/aromatic N) is 3. The minimum absolute atomic E-state index is 0.0323. The van der Waals surface area contributed by atoms with Crippen molar-refractivity contribution in [2.75, 3.05) is 38.1 Å². The monoisotopic (exact) mass is 317 g/mol. The minimum Gasteiger partial charge on any atom is -0.350 e. The number of hydrogen-bond donors (Lipinski definition) is 4. The Morgan fingerprint density at radius 1 is 1.39 bits per heavy atom. The third kappa shape index (κ3) is 5.21. The van der Waals surface area contributed by atoms with E-state index in [0.717, 1.165) is 0 Å². The molecular formula is C14H19N7O2. The molecule has 2 rings (SSSR count). The van der Waals surface area contributed by atoms with Crippen LogP contribution in [-0.4, -0.2) is 56.1 Å². The predicted molar refractivity (Wildman–Crippen MR) is 83.2 cm³/mol. The van der Waals surface area contributed by atoms with E-state index in [-0.39, 0.29) is 30.9 Å². The molecule has 0 atom stereocenters. The quantitative estimate of drug-likeness (QED) is 0.483. The van der Waals surface area contributed by atoms with Crippen LogP contribution in [0.3, 0.4) is 0 Å². The van der Waals surface area contributed by atoms with E-state index in [1.807, 2.05) is 6.07 Å². The number of carbonyl (C=O) groups excluding carboxylic acids is 2. The van der Waals surface area contributed by atoms with Gasteiger partial charge in [-0.1, -0.05) is 0 Å². The maximum absolute atomic E-state index is 11.9. The second-order valence-electron chi connectivity index (χ2n) is 5.18. The first kappa shape index (κ1) is 16.7. The summed E-state index contributed by atoms with van der Waals surface area (Å²) in [5.41, 5.74) is 6.28. The molecule has 0 spiro atoms. The Kier molecular flexibility index (Phi) is 5.85. The van der Waals surface area contributed by atoms with Gasteiger partial charge in [0.15, 0.2) is 0 Å². The van der Waals surface area contributed by atoms with Crippen molar-refractivity contribution in [3.8, 4) is 6.07 Å². The molecular weight excluding hydrogens is 298 g/mol. The van der Waals surface area contributed by atoms with E-state index in [1.165, 1.54) is 6.20 Å². The second kappa shape index (κ2) is 8.07. The summed E-state index contributed by atoms with van der Waals surface area (Å²) < 4.78 is 0. The third-order valence-corrected chi connectivity index (χ3v) is 3.28. The lowest BCUT2D eigenvalue weighted by molar-refractivity contribution is -0.125. The molecule has 4 N–H and O–H groups in total. The Hall–Kier alpha value is -2.70. The van der Waals surface area contributed by atoms with Crippen molar-refractivity contribution in [2.24, 2.45) is 0 Å².